The summed E-state index contributed by atoms with van der Waals surface area (Å²) in [5.74, 6) is 0.00284. The minimum atomic E-state index is -1.12. The summed E-state index contributed by atoms with van der Waals surface area (Å²) >= 11 is 0. The number of rotatable bonds is 10. The van der Waals surface area contributed by atoms with Crippen LogP contribution in [0.1, 0.15) is 51.0 Å². The number of phenolic OH excluding ortho intramolecular Hbond substituents is 1. The molecular weight excluding hydrogens is 336 g/mol. The SMILES string of the molecule is CCCCC[C@H](O)C[C@]1(CCc2ccc(O)c(OC)c2)NC(=O)NC1=O. The van der Waals surface area contributed by atoms with Crippen LogP contribution >= 0.6 is 0 Å². The number of carbonyl (C=O) groups is 2. The van der Waals surface area contributed by atoms with Gasteiger partial charge in [0.25, 0.3) is 5.91 Å². The third kappa shape index (κ3) is 4.88. The zero-order chi connectivity index (χ0) is 19.2. The minimum Gasteiger partial charge on any atom is -0.504 e. The number of hydrogen-bond acceptors (Lipinski definition) is 5. The van der Waals surface area contributed by atoms with E-state index in [0.29, 0.717) is 25.0 Å². The fourth-order valence-electron chi connectivity index (χ4n) is 3.32. The molecule has 26 heavy (non-hydrogen) atoms. The molecule has 0 spiro atoms. The molecule has 0 aliphatic carbocycles. The molecule has 0 radical (unpaired) electrons. The molecule has 0 saturated carbocycles. The number of aliphatic hydroxyl groups excluding tert-OH is 1. The van der Waals surface area contributed by atoms with Crippen LogP contribution in [0, 0.1) is 0 Å². The molecule has 0 unspecified atom stereocenters. The van der Waals surface area contributed by atoms with Crippen molar-refractivity contribution in [3.8, 4) is 11.5 Å². The van der Waals surface area contributed by atoms with Crippen molar-refractivity contribution in [3.05, 3.63) is 23.8 Å². The Hall–Kier alpha value is -2.28. The van der Waals surface area contributed by atoms with E-state index >= 15 is 0 Å². The van der Waals surface area contributed by atoms with Crippen molar-refractivity contribution < 1.29 is 24.5 Å². The average molecular weight is 364 g/mol. The molecule has 7 heteroatoms. The fourth-order valence-corrected chi connectivity index (χ4v) is 3.32. The summed E-state index contributed by atoms with van der Waals surface area (Å²) in [5, 5.41) is 25.0. The van der Waals surface area contributed by atoms with Gasteiger partial charge in [-0.05, 0) is 37.0 Å². The lowest BCUT2D eigenvalue weighted by Gasteiger charge is -2.28. The van der Waals surface area contributed by atoms with E-state index < -0.39 is 23.6 Å². The lowest BCUT2D eigenvalue weighted by molar-refractivity contribution is -0.125. The van der Waals surface area contributed by atoms with Crippen molar-refractivity contribution in [3.63, 3.8) is 0 Å². The molecule has 0 bridgehead atoms. The summed E-state index contributed by atoms with van der Waals surface area (Å²) in [7, 11) is 1.47. The highest BCUT2D eigenvalue weighted by atomic mass is 16.5. The number of methoxy groups -OCH3 is 1. The molecular formula is C19H28N2O5. The van der Waals surface area contributed by atoms with Crippen LogP contribution in [0.4, 0.5) is 4.79 Å². The molecule has 144 valence electrons. The van der Waals surface area contributed by atoms with Gasteiger partial charge in [-0.2, -0.15) is 0 Å². The molecule has 1 heterocycles. The van der Waals surface area contributed by atoms with Gasteiger partial charge in [-0.15, -0.1) is 0 Å². The van der Waals surface area contributed by atoms with E-state index in [9.17, 15) is 19.8 Å². The molecule has 4 N–H and O–H groups in total. The van der Waals surface area contributed by atoms with Crippen molar-refractivity contribution in [1.82, 2.24) is 10.6 Å². The lowest BCUT2D eigenvalue weighted by atomic mass is 9.84. The Morgan fingerprint density at radius 3 is 2.65 bits per heavy atom. The first-order chi connectivity index (χ1) is 12.4. The smallest absolute Gasteiger partial charge is 0.322 e. The summed E-state index contributed by atoms with van der Waals surface area (Å²) in [6, 6.07) is 4.46. The number of unbranched alkanes of at least 4 members (excludes halogenated alkanes) is 2. The Labute approximate surface area is 153 Å². The van der Waals surface area contributed by atoms with Crippen molar-refractivity contribution in [2.45, 2.75) is 63.5 Å². The van der Waals surface area contributed by atoms with Gasteiger partial charge in [0.05, 0.1) is 13.2 Å². The zero-order valence-corrected chi connectivity index (χ0v) is 15.4. The number of benzene rings is 1. The van der Waals surface area contributed by atoms with Gasteiger partial charge in [-0.1, -0.05) is 32.3 Å². The first-order valence-electron chi connectivity index (χ1n) is 9.07. The molecule has 1 aliphatic heterocycles. The summed E-state index contributed by atoms with van der Waals surface area (Å²) in [4.78, 5) is 24.1. The van der Waals surface area contributed by atoms with E-state index in [1.165, 1.54) is 13.2 Å². The predicted octanol–water partition coefficient (Wildman–Crippen LogP) is 2.24. The van der Waals surface area contributed by atoms with Gasteiger partial charge in [0.1, 0.15) is 5.54 Å². The standard InChI is InChI=1S/C19H28N2O5/c1-3-4-5-6-14(22)12-19(17(24)20-18(25)21-19)10-9-13-7-8-15(23)16(11-13)26-2/h7-8,11,14,22-23H,3-6,9-10,12H2,1-2H3,(H2,20,21,24,25)/t14-,19-/m0/s1. The second kappa shape index (κ2) is 8.89. The number of amides is 3. The topological polar surface area (TPSA) is 108 Å². The van der Waals surface area contributed by atoms with Crippen molar-refractivity contribution >= 4 is 11.9 Å². The second-order valence-corrected chi connectivity index (χ2v) is 6.85. The number of hydrogen-bond donors (Lipinski definition) is 4. The number of aliphatic hydroxyl groups is 1. The van der Waals surface area contributed by atoms with Gasteiger partial charge in [0, 0.05) is 6.42 Å². The third-order valence-electron chi connectivity index (χ3n) is 4.82. The second-order valence-electron chi connectivity index (χ2n) is 6.85. The van der Waals surface area contributed by atoms with Gasteiger partial charge >= 0.3 is 6.03 Å². The fraction of sp³-hybridized carbons (Fsp3) is 0.579. The first-order valence-corrected chi connectivity index (χ1v) is 9.07. The Morgan fingerprint density at radius 2 is 2.04 bits per heavy atom. The third-order valence-corrected chi connectivity index (χ3v) is 4.82. The van der Waals surface area contributed by atoms with Gasteiger partial charge in [0.2, 0.25) is 0 Å². The van der Waals surface area contributed by atoms with Crippen LogP contribution < -0.4 is 15.4 Å². The molecule has 2 rings (SSSR count). The molecule has 1 aromatic carbocycles. The monoisotopic (exact) mass is 364 g/mol. The maximum Gasteiger partial charge on any atom is 0.322 e. The highest BCUT2D eigenvalue weighted by Gasteiger charge is 2.46. The van der Waals surface area contributed by atoms with E-state index in [4.69, 9.17) is 4.74 Å². The molecule has 1 saturated heterocycles. The first kappa shape index (κ1) is 20.0. The highest BCUT2D eigenvalue weighted by Crippen LogP contribution is 2.30. The number of nitrogens with one attached hydrogen (secondary N) is 2. The van der Waals surface area contributed by atoms with Crippen LogP contribution in [0.3, 0.4) is 0 Å². The van der Waals surface area contributed by atoms with E-state index in [-0.39, 0.29) is 12.2 Å². The lowest BCUT2D eigenvalue weighted by Crippen LogP contribution is -2.49. The van der Waals surface area contributed by atoms with E-state index in [1.807, 2.05) is 0 Å². The van der Waals surface area contributed by atoms with Crippen LogP contribution in [0.15, 0.2) is 18.2 Å². The summed E-state index contributed by atoms with van der Waals surface area (Å²) in [5.41, 5.74) is -0.248. The molecule has 1 fully saturated rings. The number of aryl methyl sites for hydroxylation is 1. The van der Waals surface area contributed by atoms with Crippen LogP contribution in [0.5, 0.6) is 11.5 Å². The van der Waals surface area contributed by atoms with Gasteiger partial charge in [0.15, 0.2) is 11.5 Å². The number of ether oxygens (including phenoxy) is 1. The maximum absolute atomic E-state index is 12.4. The van der Waals surface area contributed by atoms with Crippen molar-refractivity contribution in [1.29, 1.82) is 0 Å². The van der Waals surface area contributed by atoms with E-state index in [1.54, 1.807) is 12.1 Å². The summed E-state index contributed by atoms with van der Waals surface area (Å²) < 4.78 is 5.10. The van der Waals surface area contributed by atoms with Crippen molar-refractivity contribution in [2.75, 3.05) is 7.11 Å². The number of phenols is 1. The largest absolute Gasteiger partial charge is 0.504 e. The average Bonchev–Trinajstić information content (AvgIpc) is 2.88. The van der Waals surface area contributed by atoms with Gasteiger partial charge in [-0.3, -0.25) is 10.1 Å². The van der Waals surface area contributed by atoms with Crippen LogP contribution in [-0.2, 0) is 11.2 Å². The number of aromatic hydroxyl groups is 1. The van der Waals surface area contributed by atoms with Crippen LogP contribution in [-0.4, -0.2) is 40.9 Å². The van der Waals surface area contributed by atoms with Crippen LogP contribution in [0.25, 0.3) is 0 Å². The Balaban J connectivity index is 2.08. The summed E-state index contributed by atoms with van der Waals surface area (Å²) in [6.45, 7) is 2.09. The predicted molar refractivity (Wildman–Crippen MR) is 97.2 cm³/mol. The molecule has 3 amide bonds. The minimum absolute atomic E-state index is 0.0456. The van der Waals surface area contributed by atoms with Gasteiger partial charge < -0.3 is 20.3 Å². The van der Waals surface area contributed by atoms with Gasteiger partial charge in [-0.25, -0.2) is 4.79 Å². The Bertz CT molecular complexity index is 649. The maximum atomic E-state index is 12.4. The zero-order valence-electron chi connectivity index (χ0n) is 15.4. The molecule has 0 aromatic heterocycles. The normalized spacial score (nSPS) is 20.6. The molecule has 7 nitrogen and oxygen atoms in total. The Morgan fingerprint density at radius 1 is 1.27 bits per heavy atom. The van der Waals surface area contributed by atoms with Crippen LogP contribution in [0.2, 0.25) is 0 Å². The molecule has 2 atom stereocenters. The number of urea groups is 1. The van der Waals surface area contributed by atoms with E-state index in [0.717, 1.165) is 24.8 Å². The highest BCUT2D eigenvalue weighted by molar-refractivity contribution is 6.07. The van der Waals surface area contributed by atoms with E-state index in [2.05, 4.69) is 17.6 Å². The van der Waals surface area contributed by atoms with Crippen molar-refractivity contribution in [2.24, 2.45) is 0 Å². The quantitative estimate of drug-likeness (QED) is 0.376. The summed E-state index contributed by atoms with van der Waals surface area (Å²) in [6.07, 6.45) is 3.94. The Kier molecular flexibility index (Phi) is 6.85. The molecule has 1 aromatic rings. The number of carbonyl (C=O) groups excluding carboxylic acids is 2. The molecule has 1 aliphatic rings. The number of imide groups is 1.